The second-order valence-corrected chi connectivity index (χ2v) is 6.55. The van der Waals surface area contributed by atoms with Crippen LogP contribution in [0.2, 0.25) is 0 Å². The van der Waals surface area contributed by atoms with Crippen LogP contribution in [0.15, 0.2) is 60.7 Å². The lowest BCUT2D eigenvalue weighted by Crippen LogP contribution is -2.35. The minimum atomic E-state index is -0.901. The van der Waals surface area contributed by atoms with E-state index < -0.39 is 17.8 Å². The molecule has 0 bridgehead atoms. The van der Waals surface area contributed by atoms with E-state index in [2.05, 4.69) is 5.32 Å². The molecule has 0 unspecified atom stereocenters. The summed E-state index contributed by atoms with van der Waals surface area (Å²) >= 11 is 0. The Morgan fingerprint density at radius 2 is 1.44 bits per heavy atom. The fourth-order valence-corrected chi connectivity index (χ4v) is 3.08. The predicted molar refractivity (Wildman–Crippen MR) is 103 cm³/mol. The van der Waals surface area contributed by atoms with Crippen LogP contribution in [0.3, 0.4) is 0 Å². The summed E-state index contributed by atoms with van der Waals surface area (Å²) in [5.74, 6) is -2.21. The van der Waals surface area contributed by atoms with Crippen molar-refractivity contribution in [3.63, 3.8) is 0 Å². The Labute approximate surface area is 159 Å². The van der Waals surface area contributed by atoms with Gasteiger partial charge < -0.3 is 10.4 Å². The molecule has 140 valence electrons. The van der Waals surface area contributed by atoms with Crippen LogP contribution in [0.1, 0.15) is 24.0 Å². The van der Waals surface area contributed by atoms with E-state index in [1.54, 1.807) is 0 Å². The summed E-state index contributed by atoms with van der Waals surface area (Å²) in [6.07, 6.45) is 1.33. The third-order valence-electron chi connectivity index (χ3n) is 4.47. The average molecular weight is 364 g/mol. The van der Waals surface area contributed by atoms with Gasteiger partial charge in [0.05, 0.1) is 18.4 Å². The Bertz CT molecular complexity index is 769. The number of hydrogen-bond donors (Lipinski definition) is 2. The summed E-state index contributed by atoms with van der Waals surface area (Å²) in [5, 5.41) is 21.1. The highest BCUT2D eigenvalue weighted by molar-refractivity contribution is 5.80. The number of nitriles is 1. The number of aliphatic carboxylic acids is 1. The van der Waals surface area contributed by atoms with Gasteiger partial charge in [-0.25, -0.2) is 0 Å². The Kier molecular flexibility index (Phi) is 8.05. The van der Waals surface area contributed by atoms with Crippen LogP contribution in [0, 0.1) is 23.2 Å². The van der Waals surface area contributed by atoms with E-state index in [4.69, 9.17) is 5.26 Å². The van der Waals surface area contributed by atoms with E-state index in [9.17, 15) is 14.7 Å². The number of carbonyl (C=O) groups is 2. The number of benzene rings is 2. The van der Waals surface area contributed by atoms with E-state index in [-0.39, 0.29) is 25.3 Å². The lowest BCUT2D eigenvalue weighted by atomic mass is 9.85. The average Bonchev–Trinajstić information content (AvgIpc) is 2.68. The highest BCUT2D eigenvalue weighted by atomic mass is 16.4. The predicted octanol–water partition coefficient (Wildman–Crippen LogP) is 3.21. The van der Waals surface area contributed by atoms with E-state index in [1.165, 1.54) is 0 Å². The molecule has 0 aliphatic heterocycles. The van der Waals surface area contributed by atoms with Crippen LogP contribution in [-0.4, -0.2) is 23.5 Å². The number of rotatable bonds is 10. The first-order chi connectivity index (χ1) is 13.1. The molecule has 2 N–H and O–H groups in total. The number of carbonyl (C=O) groups excluding carboxylic acids is 1. The van der Waals surface area contributed by atoms with E-state index in [0.717, 1.165) is 11.1 Å². The maximum absolute atomic E-state index is 12.6. The van der Waals surface area contributed by atoms with Gasteiger partial charge in [0.25, 0.3) is 0 Å². The molecule has 2 aromatic rings. The molecule has 0 aliphatic carbocycles. The van der Waals surface area contributed by atoms with Crippen LogP contribution in [0.25, 0.3) is 0 Å². The summed E-state index contributed by atoms with van der Waals surface area (Å²) in [5.41, 5.74) is 1.93. The molecule has 0 aromatic heterocycles. The Balaban J connectivity index is 2.12. The Morgan fingerprint density at radius 1 is 0.926 bits per heavy atom. The van der Waals surface area contributed by atoms with E-state index in [1.807, 2.05) is 66.7 Å². The number of nitrogens with zero attached hydrogens (tertiary/aromatic N) is 1. The van der Waals surface area contributed by atoms with Crippen molar-refractivity contribution in [2.45, 2.75) is 25.7 Å². The van der Waals surface area contributed by atoms with Crippen molar-refractivity contribution in [3.8, 4) is 6.07 Å². The molecule has 0 heterocycles. The van der Waals surface area contributed by atoms with Crippen LogP contribution < -0.4 is 5.32 Å². The second-order valence-electron chi connectivity index (χ2n) is 6.55. The summed E-state index contributed by atoms with van der Waals surface area (Å²) in [6, 6.07) is 21.0. The molecular weight excluding hydrogens is 340 g/mol. The number of carboxylic acids is 1. The van der Waals surface area contributed by atoms with Gasteiger partial charge >= 0.3 is 5.97 Å². The van der Waals surface area contributed by atoms with Crippen LogP contribution in [0.5, 0.6) is 0 Å². The SMILES string of the molecule is N#CCCNC(=O)[C@@H](Cc1ccccc1)C[C@H](Cc1ccccc1)C(=O)O. The molecule has 0 aliphatic rings. The zero-order valence-electron chi connectivity index (χ0n) is 15.2. The van der Waals surface area contributed by atoms with Gasteiger partial charge in [0, 0.05) is 12.5 Å². The molecule has 0 radical (unpaired) electrons. The van der Waals surface area contributed by atoms with Crippen molar-refractivity contribution >= 4 is 11.9 Å². The minimum Gasteiger partial charge on any atom is -0.481 e. The Hall–Kier alpha value is -3.13. The summed E-state index contributed by atoms with van der Waals surface area (Å²) in [7, 11) is 0. The van der Waals surface area contributed by atoms with E-state index in [0.29, 0.717) is 12.8 Å². The molecule has 5 nitrogen and oxygen atoms in total. The van der Waals surface area contributed by atoms with Gasteiger partial charge in [0.2, 0.25) is 5.91 Å². The molecule has 1 amide bonds. The Morgan fingerprint density at radius 3 is 1.93 bits per heavy atom. The number of nitrogens with one attached hydrogen (secondary N) is 1. The molecule has 0 saturated carbocycles. The van der Waals surface area contributed by atoms with Crippen molar-refractivity contribution in [2.24, 2.45) is 11.8 Å². The lowest BCUT2D eigenvalue weighted by molar-refractivity contribution is -0.142. The van der Waals surface area contributed by atoms with Gasteiger partial charge in [-0.3, -0.25) is 9.59 Å². The van der Waals surface area contributed by atoms with Crippen molar-refractivity contribution in [3.05, 3.63) is 71.8 Å². The molecule has 2 rings (SSSR count). The summed E-state index contributed by atoms with van der Waals surface area (Å²) in [4.78, 5) is 24.4. The first kappa shape index (κ1) is 20.2. The number of amides is 1. The van der Waals surface area contributed by atoms with Gasteiger partial charge in [-0.1, -0.05) is 60.7 Å². The normalized spacial score (nSPS) is 12.6. The van der Waals surface area contributed by atoms with Crippen molar-refractivity contribution in [2.75, 3.05) is 6.54 Å². The van der Waals surface area contributed by atoms with Crippen molar-refractivity contribution < 1.29 is 14.7 Å². The molecule has 5 heteroatoms. The molecule has 0 fully saturated rings. The zero-order chi connectivity index (χ0) is 19.5. The van der Waals surface area contributed by atoms with Crippen molar-refractivity contribution in [1.82, 2.24) is 5.32 Å². The fourth-order valence-electron chi connectivity index (χ4n) is 3.08. The topological polar surface area (TPSA) is 90.2 Å². The lowest BCUT2D eigenvalue weighted by Gasteiger charge is -2.21. The number of carboxylic acid groups (broad SMARTS) is 1. The molecule has 27 heavy (non-hydrogen) atoms. The zero-order valence-corrected chi connectivity index (χ0v) is 15.2. The van der Waals surface area contributed by atoms with Gasteiger partial charge in [-0.2, -0.15) is 5.26 Å². The minimum absolute atomic E-state index is 0.201. The van der Waals surface area contributed by atoms with Gasteiger partial charge in [-0.15, -0.1) is 0 Å². The maximum Gasteiger partial charge on any atom is 0.306 e. The quantitative estimate of drug-likeness (QED) is 0.634. The number of hydrogen-bond acceptors (Lipinski definition) is 3. The van der Waals surface area contributed by atoms with Crippen LogP contribution in [-0.2, 0) is 22.4 Å². The first-order valence-corrected chi connectivity index (χ1v) is 9.05. The summed E-state index contributed by atoms with van der Waals surface area (Å²) in [6.45, 7) is 0.275. The van der Waals surface area contributed by atoms with Crippen molar-refractivity contribution in [1.29, 1.82) is 5.26 Å². The molecule has 2 aromatic carbocycles. The highest BCUT2D eigenvalue weighted by Gasteiger charge is 2.27. The van der Waals surface area contributed by atoms with Gasteiger partial charge in [-0.05, 0) is 30.4 Å². The maximum atomic E-state index is 12.6. The van der Waals surface area contributed by atoms with Crippen LogP contribution in [0.4, 0.5) is 0 Å². The van der Waals surface area contributed by atoms with Gasteiger partial charge in [0.15, 0.2) is 0 Å². The third kappa shape index (κ3) is 6.95. The highest BCUT2D eigenvalue weighted by Crippen LogP contribution is 2.22. The first-order valence-electron chi connectivity index (χ1n) is 9.05. The third-order valence-corrected chi connectivity index (χ3v) is 4.47. The fraction of sp³-hybridized carbons (Fsp3) is 0.318. The molecule has 0 saturated heterocycles. The largest absolute Gasteiger partial charge is 0.481 e. The standard InChI is InChI=1S/C22H24N2O3/c23-12-7-13-24-21(25)19(14-17-8-3-1-4-9-17)16-20(22(26)27)15-18-10-5-2-6-11-18/h1-6,8-11,19-20H,7,13-16H2,(H,24,25)(H,26,27)/t19-,20-/m0/s1. The molecular formula is C22H24N2O3. The monoisotopic (exact) mass is 364 g/mol. The van der Waals surface area contributed by atoms with Gasteiger partial charge in [0.1, 0.15) is 0 Å². The smallest absolute Gasteiger partial charge is 0.306 e. The summed E-state index contributed by atoms with van der Waals surface area (Å²) < 4.78 is 0. The van der Waals surface area contributed by atoms with Crippen LogP contribution >= 0.6 is 0 Å². The van der Waals surface area contributed by atoms with E-state index >= 15 is 0 Å². The second kappa shape index (κ2) is 10.8. The molecule has 0 spiro atoms. The molecule has 2 atom stereocenters.